The third-order valence-corrected chi connectivity index (χ3v) is 2.17. The zero-order chi connectivity index (χ0) is 21.9. The SMILES string of the molecule is C=N.C=N.C=N.C=N.c1ccc2ncccc2c1.c1nc[nH]n1.c1nc[nH]n1. The van der Waals surface area contributed by atoms with E-state index < -0.39 is 0 Å². The van der Waals surface area contributed by atoms with Gasteiger partial charge in [0.15, 0.2) is 0 Å². The predicted octanol–water partition coefficient (Wildman–Crippen LogP) is 2.91. The molecule has 6 N–H and O–H groups in total. The van der Waals surface area contributed by atoms with E-state index in [1.165, 1.54) is 30.7 Å². The van der Waals surface area contributed by atoms with Crippen LogP contribution in [0.4, 0.5) is 0 Å². The van der Waals surface area contributed by atoms with Gasteiger partial charge in [-0.3, -0.25) is 15.2 Å². The van der Waals surface area contributed by atoms with Crippen molar-refractivity contribution < 1.29 is 0 Å². The molecule has 3 aromatic heterocycles. The largest absolute Gasteiger partial charge is 0.317 e. The summed E-state index contributed by atoms with van der Waals surface area (Å²) in [7, 11) is 0. The second-order valence-electron chi connectivity index (χ2n) is 3.50. The fraction of sp³-hybridized carbons (Fsp3) is 0. The second kappa shape index (κ2) is 27.4. The van der Waals surface area contributed by atoms with Gasteiger partial charge in [-0.25, -0.2) is 9.97 Å². The van der Waals surface area contributed by atoms with Crippen LogP contribution in [0, 0.1) is 21.6 Å². The third kappa shape index (κ3) is 16.4. The Morgan fingerprint density at radius 3 is 1.46 bits per heavy atom. The van der Waals surface area contributed by atoms with Gasteiger partial charge in [0.1, 0.15) is 25.3 Å². The van der Waals surface area contributed by atoms with Crippen LogP contribution in [0.1, 0.15) is 0 Å². The minimum absolute atomic E-state index is 1.06. The Morgan fingerprint density at radius 2 is 1.11 bits per heavy atom. The van der Waals surface area contributed by atoms with E-state index in [-0.39, 0.29) is 0 Å². The lowest BCUT2D eigenvalue weighted by atomic mass is 10.2. The normalized spacial score (nSPS) is 7.00. The first-order valence-corrected chi connectivity index (χ1v) is 7.25. The molecule has 3 heterocycles. The Labute approximate surface area is 163 Å². The summed E-state index contributed by atoms with van der Waals surface area (Å²) >= 11 is 0. The molecule has 0 unspecified atom stereocenters. The lowest BCUT2D eigenvalue weighted by Crippen LogP contribution is -1.73. The highest BCUT2D eigenvalue weighted by Crippen LogP contribution is 2.07. The summed E-state index contributed by atoms with van der Waals surface area (Å²) in [5, 5.41) is 35.2. The number of hydrogen-bond donors (Lipinski definition) is 6. The molecule has 28 heavy (non-hydrogen) atoms. The zero-order valence-electron chi connectivity index (χ0n) is 15.4. The van der Waals surface area contributed by atoms with Crippen LogP contribution in [-0.4, -0.2) is 62.2 Å². The van der Waals surface area contributed by atoms with Gasteiger partial charge in [-0.05, 0) is 39.0 Å². The van der Waals surface area contributed by atoms with E-state index in [2.05, 4.69) is 74.3 Å². The monoisotopic (exact) mass is 383 g/mol. The van der Waals surface area contributed by atoms with Gasteiger partial charge in [-0.15, -0.1) is 0 Å². The molecule has 0 saturated carbocycles. The molecule has 4 aromatic rings. The fourth-order valence-corrected chi connectivity index (χ4v) is 1.35. The van der Waals surface area contributed by atoms with Crippen molar-refractivity contribution in [3.8, 4) is 0 Å². The van der Waals surface area contributed by atoms with Gasteiger partial charge in [0.25, 0.3) is 0 Å². The minimum atomic E-state index is 1.06. The Morgan fingerprint density at radius 1 is 0.643 bits per heavy atom. The van der Waals surface area contributed by atoms with Crippen molar-refractivity contribution in [2.24, 2.45) is 0 Å². The van der Waals surface area contributed by atoms with Crippen LogP contribution in [0.25, 0.3) is 10.9 Å². The average molecular weight is 383 g/mol. The van der Waals surface area contributed by atoms with Crippen LogP contribution >= 0.6 is 0 Å². The summed E-state index contributed by atoms with van der Waals surface area (Å²) in [5.41, 5.74) is 1.06. The van der Waals surface area contributed by atoms with Crippen LogP contribution in [0.2, 0.25) is 0 Å². The number of fused-ring (bicyclic) bond motifs is 1. The molecular weight excluding hydrogens is 358 g/mol. The highest BCUT2D eigenvalue weighted by atomic mass is 15.2. The van der Waals surface area contributed by atoms with Crippen molar-refractivity contribution in [3.05, 3.63) is 67.9 Å². The van der Waals surface area contributed by atoms with Gasteiger partial charge in [-0.2, -0.15) is 10.2 Å². The summed E-state index contributed by atoms with van der Waals surface area (Å²) in [6.07, 6.45) is 7.72. The van der Waals surface area contributed by atoms with Crippen molar-refractivity contribution in [2.45, 2.75) is 0 Å². The molecule has 1 aromatic carbocycles. The third-order valence-electron chi connectivity index (χ3n) is 2.17. The molecule has 11 nitrogen and oxygen atoms in total. The van der Waals surface area contributed by atoms with Crippen molar-refractivity contribution >= 4 is 37.8 Å². The van der Waals surface area contributed by atoms with Crippen LogP contribution in [0.15, 0.2) is 67.9 Å². The molecule has 0 aliphatic heterocycles. The number of aromatic amines is 2. The number of rotatable bonds is 0. The smallest absolute Gasteiger partial charge is 0.137 e. The molecule has 4 rings (SSSR count). The first-order valence-electron chi connectivity index (χ1n) is 7.25. The summed E-state index contributed by atoms with van der Waals surface area (Å²) in [5.74, 6) is 0. The zero-order valence-corrected chi connectivity index (χ0v) is 15.4. The van der Waals surface area contributed by atoms with Crippen molar-refractivity contribution in [1.82, 2.24) is 35.3 Å². The molecule has 11 heteroatoms. The molecule has 148 valence electrons. The lowest BCUT2D eigenvalue weighted by Gasteiger charge is -1.91. The first-order chi connectivity index (χ1) is 14.0. The lowest BCUT2D eigenvalue weighted by molar-refractivity contribution is 1.09. The average Bonchev–Trinajstić information content (AvgIpc) is 3.59. The summed E-state index contributed by atoms with van der Waals surface area (Å²) in [6.45, 7) is 10.0. The first kappa shape index (κ1) is 28.4. The number of nitrogens with one attached hydrogen (secondary N) is 6. The Balaban J connectivity index is -0.000000300. The van der Waals surface area contributed by atoms with Crippen LogP contribution in [0.5, 0.6) is 0 Å². The van der Waals surface area contributed by atoms with E-state index in [9.17, 15) is 0 Å². The van der Waals surface area contributed by atoms with Crippen LogP contribution in [0.3, 0.4) is 0 Å². The number of nitrogens with zero attached hydrogens (tertiary/aromatic N) is 5. The molecule has 0 amide bonds. The number of pyridine rings is 1. The van der Waals surface area contributed by atoms with E-state index in [1.54, 1.807) is 0 Å². The Kier molecular flexibility index (Phi) is 27.8. The van der Waals surface area contributed by atoms with Gasteiger partial charge < -0.3 is 21.6 Å². The summed E-state index contributed by atoms with van der Waals surface area (Å²) in [6, 6.07) is 12.1. The number of H-pyrrole nitrogens is 2. The quantitative estimate of drug-likeness (QED) is 0.254. The molecule has 0 aliphatic carbocycles. The maximum atomic E-state index is 5.50. The van der Waals surface area contributed by atoms with E-state index >= 15 is 0 Å². The van der Waals surface area contributed by atoms with Gasteiger partial charge in [0.05, 0.1) is 5.52 Å². The Bertz CT molecular complexity index is 611. The molecule has 0 aliphatic rings. The maximum absolute atomic E-state index is 5.50. The Hall–Kier alpha value is -4.41. The number of benzene rings is 1. The van der Waals surface area contributed by atoms with Gasteiger partial charge >= 0.3 is 0 Å². The van der Waals surface area contributed by atoms with Gasteiger partial charge in [0, 0.05) is 11.6 Å². The molecule has 0 radical (unpaired) electrons. The molecular formula is C17H25N11. The highest BCUT2D eigenvalue weighted by Gasteiger charge is 1.86. The molecule has 0 fully saturated rings. The number of hydrogen-bond acceptors (Lipinski definition) is 9. The van der Waals surface area contributed by atoms with Crippen molar-refractivity contribution in [3.63, 3.8) is 0 Å². The van der Waals surface area contributed by atoms with Crippen molar-refractivity contribution in [2.75, 3.05) is 0 Å². The molecule has 0 bridgehead atoms. The second-order valence-corrected chi connectivity index (χ2v) is 3.50. The predicted molar refractivity (Wildman–Crippen MR) is 114 cm³/mol. The van der Waals surface area contributed by atoms with E-state index in [0.29, 0.717) is 0 Å². The highest BCUT2D eigenvalue weighted by molar-refractivity contribution is 5.77. The van der Waals surface area contributed by atoms with Crippen LogP contribution < -0.4 is 0 Å². The van der Waals surface area contributed by atoms with Gasteiger partial charge in [-0.1, -0.05) is 24.3 Å². The van der Waals surface area contributed by atoms with E-state index in [1.807, 2.05) is 30.5 Å². The fourth-order valence-electron chi connectivity index (χ4n) is 1.35. The summed E-state index contributed by atoms with van der Waals surface area (Å²) < 4.78 is 0. The summed E-state index contributed by atoms with van der Waals surface area (Å²) in [4.78, 5) is 11.3. The van der Waals surface area contributed by atoms with Crippen LogP contribution in [-0.2, 0) is 0 Å². The molecule has 0 spiro atoms. The molecule has 0 atom stereocenters. The van der Waals surface area contributed by atoms with E-state index in [0.717, 1.165) is 5.52 Å². The van der Waals surface area contributed by atoms with Crippen molar-refractivity contribution in [1.29, 1.82) is 21.6 Å². The topological polar surface area (TPSA) is 191 Å². The van der Waals surface area contributed by atoms with Gasteiger partial charge in [0.2, 0.25) is 0 Å². The number of aromatic nitrogens is 7. The molecule has 0 saturated heterocycles. The van der Waals surface area contributed by atoms with E-state index in [4.69, 9.17) is 21.6 Å². The maximum Gasteiger partial charge on any atom is 0.137 e. The number of para-hydroxylation sites is 1. The standard InChI is InChI=1S/C9H7N.2C2H3N3.4CH3N/c1-2-6-9-8(4-1)5-3-7-10-9;2*1-3-2-5-4-1;4*1-2/h1-7H;2*1-2H,(H,3,4,5);4*2H,1H2. The minimum Gasteiger partial charge on any atom is -0.317 e.